The standard InChI is InChI=1S/C50H36F12N2O4/c1-27(2)41-25-43(63(29-9-5-13-33(21-29)65-47(51,52)53)30-10-6-14-34(22-30)66-48(54,55)56)39-20-18-38-42(28(3)4)26-44(40-19-17-37(41)45(39)46(38)40)64(31-11-7-15-35(23-31)67-49(57,58)59)32-12-8-16-36(24-32)68-50(60,61)62/h5-28H,1-4H3. The van der Waals surface area contributed by atoms with E-state index in [1.165, 1.54) is 58.3 Å². The smallest absolute Gasteiger partial charge is 0.406 e. The fourth-order valence-electron chi connectivity index (χ4n) is 8.47. The van der Waals surface area contributed by atoms with Gasteiger partial charge in [-0.15, -0.1) is 52.7 Å². The zero-order chi connectivity index (χ0) is 49.1. The lowest BCUT2D eigenvalue weighted by molar-refractivity contribution is -0.275. The van der Waals surface area contributed by atoms with E-state index in [0.717, 1.165) is 48.5 Å². The maximum atomic E-state index is 13.6. The summed E-state index contributed by atoms with van der Waals surface area (Å²) < 4.78 is 180. The lowest BCUT2D eigenvalue weighted by Crippen LogP contribution is -2.18. The SMILES string of the molecule is CC(C)c1cc(N(c2cccc(OC(F)(F)F)c2)c2cccc(OC(F)(F)F)c2)c2ccc3c(C(C)C)cc(N(c4cccc(OC(F)(F)F)c4)c4cccc(OC(F)(F)F)c4)c4ccc1c2c34. The molecule has 8 aromatic carbocycles. The van der Waals surface area contributed by atoms with E-state index in [9.17, 15) is 52.7 Å². The molecule has 8 aromatic rings. The molecular weight excluding hydrogens is 921 g/mol. The van der Waals surface area contributed by atoms with Gasteiger partial charge in [0, 0.05) is 57.8 Å². The molecule has 0 aliphatic carbocycles. The van der Waals surface area contributed by atoms with Crippen molar-refractivity contribution in [3.63, 3.8) is 0 Å². The molecule has 0 aromatic heterocycles. The minimum Gasteiger partial charge on any atom is -0.406 e. The predicted molar refractivity (Wildman–Crippen MR) is 234 cm³/mol. The van der Waals surface area contributed by atoms with Crippen molar-refractivity contribution in [3.05, 3.63) is 145 Å². The Balaban J connectivity index is 1.48. The summed E-state index contributed by atoms with van der Waals surface area (Å²) in [6, 6.07) is 30.3. The van der Waals surface area contributed by atoms with Crippen molar-refractivity contribution in [1.29, 1.82) is 0 Å². The van der Waals surface area contributed by atoms with Gasteiger partial charge in [0.05, 0.1) is 11.4 Å². The largest absolute Gasteiger partial charge is 0.573 e. The molecule has 0 amide bonds. The molecule has 0 fully saturated rings. The molecule has 0 N–H and O–H groups in total. The summed E-state index contributed by atoms with van der Waals surface area (Å²) in [5.74, 6) is -2.99. The summed E-state index contributed by atoms with van der Waals surface area (Å²) in [4.78, 5) is 2.94. The maximum absolute atomic E-state index is 13.6. The summed E-state index contributed by atoms with van der Waals surface area (Å²) in [6.07, 6.45) is -20.4. The molecule has 0 heterocycles. The summed E-state index contributed by atoms with van der Waals surface area (Å²) in [6.45, 7) is 7.59. The van der Waals surface area contributed by atoms with Gasteiger partial charge in [-0.1, -0.05) is 76.2 Å². The molecule has 0 saturated heterocycles. The Kier molecular flexibility index (Phi) is 12.1. The molecule has 0 unspecified atom stereocenters. The van der Waals surface area contributed by atoms with Crippen LogP contribution in [0.15, 0.2) is 133 Å². The van der Waals surface area contributed by atoms with Crippen LogP contribution in [-0.2, 0) is 0 Å². The lowest BCUT2D eigenvalue weighted by atomic mass is 9.84. The topological polar surface area (TPSA) is 43.4 Å². The molecule has 0 spiro atoms. The van der Waals surface area contributed by atoms with Gasteiger partial charge in [0.1, 0.15) is 23.0 Å². The van der Waals surface area contributed by atoms with Crippen LogP contribution >= 0.6 is 0 Å². The second kappa shape index (κ2) is 17.4. The fourth-order valence-corrected chi connectivity index (χ4v) is 8.47. The highest BCUT2D eigenvalue weighted by molar-refractivity contribution is 6.29. The van der Waals surface area contributed by atoms with Crippen LogP contribution in [0.2, 0.25) is 0 Å². The molecule has 354 valence electrons. The van der Waals surface area contributed by atoms with Crippen molar-refractivity contribution in [2.24, 2.45) is 0 Å². The number of ether oxygens (including phenoxy) is 4. The second-order valence-corrected chi connectivity index (χ2v) is 16.2. The summed E-state index contributed by atoms with van der Waals surface area (Å²) in [7, 11) is 0. The lowest BCUT2D eigenvalue weighted by Gasteiger charge is -2.32. The van der Waals surface area contributed by atoms with Gasteiger partial charge in [-0.3, -0.25) is 0 Å². The van der Waals surface area contributed by atoms with Gasteiger partial charge >= 0.3 is 25.4 Å². The van der Waals surface area contributed by atoms with Crippen LogP contribution in [0.25, 0.3) is 32.3 Å². The molecule has 0 atom stereocenters. The molecule has 18 heteroatoms. The molecule has 0 bridgehead atoms. The Morgan fingerprint density at radius 3 is 0.824 bits per heavy atom. The number of anilines is 6. The van der Waals surface area contributed by atoms with Gasteiger partial charge in [0.15, 0.2) is 0 Å². The number of hydrogen-bond acceptors (Lipinski definition) is 6. The molecule has 8 rings (SSSR count). The van der Waals surface area contributed by atoms with E-state index in [2.05, 4.69) is 18.9 Å². The number of hydrogen-bond donors (Lipinski definition) is 0. The van der Waals surface area contributed by atoms with E-state index in [4.69, 9.17) is 0 Å². The molecule has 0 radical (unpaired) electrons. The first kappa shape index (κ1) is 47.3. The summed E-state index contributed by atoms with van der Waals surface area (Å²) in [5, 5.41) is 3.52. The number of benzene rings is 8. The number of halogens is 12. The fraction of sp³-hybridized carbons (Fsp3) is 0.200. The first-order valence-electron chi connectivity index (χ1n) is 20.6. The predicted octanol–water partition coefficient (Wildman–Crippen LogP) is 17.4. The van der Waals surface area contributed by atoms with Gasteiger partial charge in [0.2, 0.25) is 0 Å². The van der Waals surface area contributed by atoms with Crippen molar-refractivity contribution in [2.75, 3.05) is 9.80 Å². The average Bonchev–Trinajstić information content (AvgIpc) is 3.21. The molecule has 0 saturated carbocycles. The Labute approximate surface area is 379 Å². The van der Waals surface area contributed by atoms with Crippen LogP contribution in [0.3, 0.4) is 0 Å². The maximum Gasteiger partial charge on any atom is 0.573 e. The van der Waals surface area contributed by atoms with Crippen molar-refractivity contribution in [1.82, 2.24) is 0 Å². The zero-order valence-electron chi connectivity index (χ0n) is 35.9. The Morgan fingerprint density at radius 1 is 0.338 bits per heavy atom. The van der Waals surface area contributed by atoms with E-state index in [1.54, 1.807) is 24.3 Å². The Bertz CT molecular complexity index is 2800. The van der Waals surface area contributed by atoms with Crippen LogP contribution in [0, 0.1) is 0 Å². The highest BCUT2D eigenvalue weighted by Gasteiger charge is 2.35. The third-order valence-corrected chi connectivity index (χ3v) is 10.9. The molecule has 68 heavy (non-hydrogen) atoms. The van der Waals surface area contributed by atoms with Crippen LogP contribution < -0.4 is 28.7 Å². The normalized spacial score (nSPS) is 12.7. The minimum absolute atomic E-state index is 0.0531. The summed E-state index contributed by atoms with van der Waals surface area (Å²) >= 11 is 0. The quantitative estimate of drug-likeness (QED) is 0.0898. The third kappa shape index (κ3) is 10.2. The van der Waals surface area contributed by atoms with Gasteiger partial charge in [-0.05, 0) is 105 Å². The highest BCUT2D eigenvalue weighted by Crippen LogP contribution is 2.52. The zero-order valence-corrected chi connectivity index (χ0v) is 35.9. The van der Waals surface area contributed by atoms with Crippen molar-refractivity contribution >= 4 is 66.4 Å². The Morgan fingerprint density at radius 2 is 0.588 bits per heavy atom. The van der Waals surface area contributed by atoms with E-state index < -0.39 is 48.4 Å². The van der Waals surface area contributed by atoms with Gasteiger partial charge in [-0.25, -0.2) is 0 Å². The molecule has 0 aliphatic rings. The van der Waals surface area contributed by atoms with E-state index in [-0.39, 0.29) is 34.6 Å². The van der Waals surface area contributed by atoms with Crippen molar-refractivity contribution in [3.8, 4) is 23.0 Å². The average molecular weight is 957 g/mol. The number of alkyl halides is 12. The minimum atomic E-state index is -5.10. The number of nitrogens with zero attached hydrogens (tertiary/aromatic N) is 2. The molecular formula is C50H36F12N2O4. The van der Waals surface area contributed by atoms with E-state index in [0.29, 0.717) is 54.8 Å². The van der Waals surface area contributed by atoms with Crippen molar-refractivity contribution < 1.29 is 71.6 Å². The second-order valence-electron chi connectivity index (χ2n) is 16.2. The van der Waals surface area contributed by atoms with Crippen molar-refractivity contribution in [2.45, 2.75) is 65.0 Å². The van der Waals surface area contributed by atoms with Crippen LogP contribution in [-0.4, -0.2) is 25.4 Å². The molecule has 0 aliphatic heterocycles. The first-order chi connectivity index (χ1) is 31.8. The van der Waals surface area contributed by atoms with Gasteiger partial charge < -0.3 is 28.7 Å². The third-order valence-electron chi connectivity index (χ3n) is 10.9. The van der Waals surface area contributed by atoms with Crippen LogP contribution in [0.5, 0.6) is 23.0 Å². The summed E-state index contributed by atoms with van der Waals surface area (Å²) in [5.41, 5.74) is 2.25. The molecule has 6 nitrogen and oxygen atoms in total. The highest BCUT2D eigenvalue weighted by atomic mass is 19.4. The monoisotopic (exact) mass is 956 g/mol. The van der Waals surface area contributed by atoms with E-state index in [1.807, 2.05) is 39.8 Å². The first-order valence-corrected chi connectivity index (χ1v) is 20.6. The van der Waals surface area contributed by atoms with Crippen LogP contribution in [0.1, 0.15) is 50.7 Å². The van der Waals surface area contributed by atoms with Crippen LogP contribution in [0.4, 0.5) is 86.8 Å². The Hall–Kier alpha value is -7.24. The van der Waals surface area contributed by atoms with Gasteiger partial charge in [0.25, 0.3) is 0 Å². The van der Waals surface area contributed by atoms with E-state index >= 15 is 0 Å². The number of rotatable bonds is 12. The van der Waals surface area contributed by atoms with Gasteiger partial charge in [-0.2, -0.15) is 0 Å².